The van der Waals surface area contributed by atoms with Crippen LogP contribution in [0.15, 0.2) is 18.5 Å². The van der Waals surface area contributed by atoms with E-state index in [4.69, 9.17) is 16.3 Å². The summed E-state index contributed by atoms with van der Waals surface area (Å²) in [6, 6.07) is 1.93. The van der Waals surface area contributed by atoms with Crippen molar-refractivity contribution in [3.63, 3.8) is 0 Å². The molecular weight excluding hydrogens is 300 g/mol. The van der Waals surface area contributed by atoms with Crippen LogP contribution in [-0.2, 0) is 0 Å². The molecule has 1 N–H and O–H groups in total. The van der Waals surface area contributed by atoms with Crippen LogP contribution in [0.4, 0.5) is 0 Å². The van der Waals surface area contributed by atoms with Crippen LogP contribution in [0.3, 0.4) is 0 Å². The molecule has 2 rings (SSSR count). The summed E-state index contributed by atoms with van der Waals surface area (Å²) < 4.78 is 6.29. The molecule has 0 aliphatic rings. The van der Waals surface area contributed by atoms with E-state index in [0.29, 0.717) is 5.02 Å². The van der Waals surface area contributed by atoms with E-state index in [1.54, 1.807) is 7.11 Å². The minimum Gasteiger partial charge on any atom is -0.495 e. The highest BCUT2D eigenvalue weighted by molar-refractivity contribution is 14.1. The second kappa shape index (κ2) is 3.38. The molecule has 0 atom stereocenters. The third kappa shape index (κ3) is 1.40. The van der Waals surface area contributed by atoms with E-state index in [-0.39, 0.29) is 0 Å². The molecule has 0 amide bonds. The third-order valence-electron chi connectivity index (χ3n) is 1.93. The molecule has 0 radical (unpaired) electrons. The molecule has 1 aromatic heterocycles. The van der Waals surface area contributed by atoms with E-state index in [9.17, 15) is 0 Å². The van der Waals surface area contributed by atoms with Crippen molar-refractivity contribution in [1.29, 1.82) is 0 Å². The molecule has 13 heavy (non-hydrogen) atoms. The second-order valence-corrected chi connectivity index (χ2v) is 4.20. The van der Waals surface area contributed by atoms with Gasteiger partial charge in [0.25, 0.3) is 0 Å². The number of halogens is 2. The molecule has 0 saturated carbocycles. The minimum atomic E-state index is 0.666. The quantitative estimate of drug-likeness (QED) is 0.802. The maximum absolute atomic E-state index is 6.11. The van der Waals surface area contributed by atoms with Crippen LogP contribution in [0.5, 0.6) is 5.75 Å². The number of benzene rings is 1. The predicted molar refractivity (Wildman–Crippen MR) is 62.6 cm³/mol. The van der Waals surface area contributed by atoms with Gasteiger partial charge in [-0.3, -0.25) is 0 Å². The lowest BCUT2D eigenvalue weighted by molar-refractivity contribution is 0.415. The number of methoxy groups -OCH3 is 1. The Hall–Kier alpha value is -0.420. The number of hydrogen-bond acceptors (Lipinski definition) is 1. The fraction of sp³-hybridized carbons (Fsp3) is 0.111. The van der Waals surface area contributed by atoms with Gasteiger partial charge in [-0.15, -0.1) is 0 Å². The number of ether oxygens (including phenoxy) is 1. The van der Waals surface area contributed by atoms with Gasteiger partial charge in [-0.1, -0.05) is 11.6 Å². The molecule has 68 valence electrons. The van der Waals surface area contributed by atoms with Crippen LogP contribution in [0.2, 0.25) is 5.02 Å². The lowest BCUT2D eigenvalue weighted by Crippen LogP contribution is -1.85. The van der Waals surface area contributed by atoms with Crippen molar-refractivity contribution < 1.29 is 4.74 Å². The second-order valence-electron chi connectivity index (χ2n) is 2.66. The van der Waals surface area contributed by atoms with E-state index < -0.39 is 0 Å². The van der Waals surface area contributed by atoms with E-state index >= 15 is 0 Å². The minimum absolute atomic E-state index is 0.666. The van der Waals surface area contributed by atoms with Gasteiger partial charge in [0.1, 0.15) is 5.75 Å². The molecule has 0 saturated heterocycles. The molecule has 1 heterocycles. The van der Waals surface area contributed by atoms with Crippen LogP contribution in [0.1, 0.15) is 0 Å². The summed E-state index contributed by atoms with van der Waals surface area (Å²) in [5, 5.41) is 2.80. The standard InChI is InChI=1S/C9H7ClINO/c1-13-8-2-7(11)5-3-12-4-6(5)9(8)10/h2-4,12H,1H3. The number of aromatic nitrogens is 1. The zero-order chi connectivity index (χ0) is 9.42. The van der Waals surface area contributed by atoms with Crippen molar-refractivity contribution in [2.24, 2.45) is 0 Å². The fourth-order valence-corrected chi connectivity index (χ4v) is 2.30. The Balaban J connectivity index is 2.85. The van der Waals surface area contributed by atoms with Gasteiger partial charge in [0.2, 0.25) is 0 Å². The molecule has 1 aromatic carbocycles. The van der Waals surface area contributed by atoms with E-state index in [1.165, 1.54) is 0 Å². The summed E-state index contributed by atoms with van der Waals surface area (Å²) in [5.74, 6) is 0.721. The zero-order valence-corrected chi connectivity index (χ0v) is 9.81. The van der Waals surface area contributed by atoms with Crippen molar-refractivity contribution in [3.8, 4) is 5.75 Å². The van der Waals surface area contributed by atoms with Gasteiger partial charge < -0.3 is 9.72 Å². The number of aromatic amines is 1. The van der Waals surface area contributed by atoms with Crippen LogP contribution in [-0.4, -0.2) is 12.1 Å². The first kappa shape index (κ1) is 9.15. The lowest BCUT2D eigenvalue weighted by atomic mass is 10.2. The van der Waals surface area contributed by atoms with Gasteiger partial charge in [-0.2, -0.15) is 0 Å². The highest BCUT2D eigenvalue weighted by Crippen LogP contribution is 2.35. The van der Waals surface area contributed by atoms with Crippen LogP contribution < -0.4 is 4.74 Å². The molecule has 0 unspecified atom stereocenters. The van der Waals surface area contributed by atoms with Gasteiger partial charge in [0.15, 0.2) is 0 Å². The monoisotopic (exact) mass is 307 g/mol. The average Bonchev–Trinajstić information content (AvgIpc) is 2.60. The topological polar surface area (TPSA) is 25.0 Å². The Kier molecular flexibility index (Phi) is 2.38. The normalized spacial score (nSPS) is 10.7. The smallest absolute Gasteiger partial charge is 0.139 e. The number of nitrogens with one attached hydrogen (secondary N) is 1. The number of fused-ring (bicyclic) bond motifs is 1. The van der Waals surface area contributed by atoms with Crippen LogP contribution in [0.25, 0.3) is 10.8 Å². The number of hydrogen-bond donors (Lipinski definition) is 1. The fourth-order valence-electron chi connectivity index (χ4n) is 1.28. The van der Waals surface area contributed by atoms with Gasteiger partial charge in [0.05, 0.1) is 12.1 Å². The Morgan fingerprint density at radius 3 is 2.77 bits per heavy atom. The van der Waals surface area contributed by atoms with E-state index in [2.05, 4.69) is 27.6 Å². The Labute approximate surface area is 94.4 Å². The molecular formula is C9H7ClINO. The van der Waals surface area contributed by atoms with Crippen molar-refractivity contribution in [2.75, 3.05) is 7.11 Å². The lowest BCUT2D eigenvalue weighted by Gasteiger charge is -2.04. The summed E-state index contributed by atoms with van der Waals surface area (Å²) in [6.45, 7) is 0. The van der Waals surface area contributed by atoms with Gasteiger partial charge >= 0.3 is 0 Å². The maximum Gasteiger partial charge on any atom is 0.139 e. The number of rotatable bonds is 1. The van der Waals surface area contributed by atoms with Crippen LogP contribution >= 0.6 is 34.2 Å². The Morgan fingerprint density at radius 2 is 2.08 bits per heavy atom. The molecule has 2 nitrogen and oxygen atoms in total. The first-order valence-corrected chi connectivity index (χ1v) is 5.18. The first-order chi connectivity index (χ1) is 6.24. The van der Waals surface area contributed by atoms with Gasteiger partial charge in [0, 0.05) is 26.7 Å². The zero-order valence-electron chi connectivity index (χ0n) is 6.90. The van der Waals surface area contributed by atoms with Gasteiger partial charge in [-0.25, -0.2) is 0 Å². The summed E-state index contributed by atoms with van der Waals surface area (Å²) in [4.78, 5) is 3.03. The molecule has 0 aliphatic heterocycles. The Morgan fingerprint density at radius 1 is 1.38 bits per heavy atom. The highest BCUT2D eigenvalue weighted by atomic mass is 127. The summed E-state index contributed by atoms with van der Waals surface area (Å²) >= 11 is 8.37. The number of H-pyrrole nitrogens is 1. The van der Waals surface area contributed by atoms with E-state index in [0.717, 1.165) is 20.1 Å². The van der Waals surface area contributed by atoms with Crippen molar-refractivity contribution in [1.82, 2.24) is 4.98 Å². The van der Waals surface area contributed by atoms with Crippen molar-refractivity contribution >= 4 is 45.0 Å². The summed E-state index contributed by atoms with van der Waals surface area (Å²) in [6.07, 6.45) is 3.81. The maximum atomic E-state index is 6.11. The summed E-state index contributed by atoms with van der Waals surface area (Å²) in [7, 11) is 1.62. The molecule has 0 spiro atoms. The van der Waals surface area contributed by atoms with Crippen LogP contribution in [0, 0.1) is 3.57 Å². The Bertz CT molecular complexity index is 452. The molecule has 0 bridgehead atoms. The average molecular weight is 308 g/mol. The van der Waals surface area contributed by atoms with Crippen molar-refractivity contribution in [3.05, 3.63) is 27.1 Å². The molecule has 0 fully saturated rings. The molecule has 0 aliphatic carbocycles. The highest BCUT2D eigenvalue weighted by Gasteiger charge is 2.09. The largest absolute Gasteiger partial charge is 0.495 e. The third-order valence-corrected chi connectivity index (χ3v) is 3.22. The SMILES string of the molecule is COc1cc(I)c2c[nH]cc2c1Cl. The predicted octanol–water partition coefficient (Wildman–Crippen LogP) is 3.43. The van der Waals surface area contributed by atoms with E-state index in [1.807, 2.05) is 18.5 Å². The summed E-state index contributed by atoms with van der Waals surface area (Å²) in [5.41, 5.74) is 0. The molecule has 4 heteroatoms. The van der Waals surface area contributed by atoms with Gasteiger partial charge in [-0.05, 0) is 28.7 Å². The molecule has 2 aromatic rings. The first-order valence-electron chi connectivity index (χ1n) is 3.72. The van der Waals surface area contributed by atoms with Crippen molar-refractivity contribution in [2.45, 2.75) is 0 Å².